The van der Waals surface area contributed by atoms with Gasteiger partial charge in [0.25, 0.3) is 5.78 Å². The van der Waals surface area contributed by atoms with Gasteiger partial charge in [0.15, 0.2) is 0 Å². The predicted octanol–water partition coefficient (Wildman–Crippen LogP) is 1.73. The van der Waals surface area contributed by atoms with Crippen LogP contribution in [0.5, 0.6) is 11.5 Å². The molecule has 1 unspecified atom stereocenters. The van der Waals surface area contributed by atoms with Gasteiger partial charge in [-0.2, -0.15) is 0 Å². The number of carbonyl (C=O) groups is 2. The molecule has 0 saturated heterocycles. The number of halogens is 1. The Labute approximate surface area is 110 Å². The van der Waals surface area contributed by atoms with E-state index in [1.165, 1.54) is 14.2 Å². The lowest BCUT2D eigenvalue weighted by Crippen LogP contribution is -2.20. The molecule has 1 aromatic rings. The summed E-state index contributed by atoms with van der Waals surface area (Å²) in [7, 11) is 4.06. The van der Waals surface area contributed by atoms with E-state index in [1.54, 1.807) is 18.2 Å². The van der Waals surface area contributed by atoms with Crippen molar-refractivity contribution < 1.29 is 23.8 Å². The highest BCUT2D eigenvalue weighted by molar-refractivity contribution is 6.47. The highest BCUT2D eigenvalue weighted by atomic mass is 35.5. The van der Waals surface area contributed by atoms with Gasteiger partial charge in [-0.15, -0.1) is 11.6 Å². The fraction of sp³-hybridized carbons (Fsp3) is 0.333. The van der Waals surface area contributed by atoms with Crippen LogP contribution >= 0.6 is 11.6 Å². The van der Waals surface area contributed by atoms with Crippen molar-refractivity contribution >= 4 is 23.4 Å². The average molecular weight is 273 g/mol. The first kappa shape index (κ1) is 14.3. The van der Waals surface area contributed by atoms with Gasteiger partial charge in [-0.05, 0) is 12.1 Å². The Morgan fingerprint density at radius 1 is 1.17 bits per heavy atom. The maximum Gasteiger partial charge on any atom is 0.376 e. The van der Waals surface area contributed by atoms with Crippen molar-refractivity contribution in [3.05, 3.63) is 23.8 Å². The summed E-state index contributed by atoms with van der Waals surface area (Å²) in [5.41, 5.74) is 0.385. The van der Waals surface area contributed by atoms with Gasteiger partial charge in [-0.1, -0.05) is 0 Å². The molecule has 0 bridgehead atoms. The van der Waals surface area contributed by atoms with E-state index < -0.39 is 17.1 Å². The number of hydrogen-bond donors (Lipinski definition) is 0. The first-order valence-corrected chi connectivity index (χ1v) is 5.47. The molecule has 0 radical (unpaired) electrons. The molecule has 1 atom stereocenters. The molecule has 0 aliphatic heterocycles. The van der Waals surface area contributed by atoms with E-state index in [-0.39, 0.29) is 0 Å². The third-order valence-corrected chi connectivity index (χ3v) is 2.76. The number of ether oxygens (including phenoxy) is 3. The average Bonchev–Trinajstić information content (AvgIpc) is 2.43. The Kier molecular flexibility index (Phi) is 4.97. The summed E-state index contributed by atoms with van der Waals surface area (Å²) in [6, 6.07) is 4.77. The van der Waals surface area contributed by atoms with E-state index in [0.29, 0.717) is 17.1 Å². The first-order chi connectivity index (χ1) is 8.54. The zero-order valence-corrected chi connectivity index (χ0v) is 11.0. The van der Waals surface area contributed by atoms with E-state index in [2.05, 4.69) is 4.74 Å². The van der Waals surface area contributed by atoms with Crippen LogP contribution in [0.1, 0.15) is 10.9 Å². The maximum absolute atomic E-state index is 11.6. The molecule has 0 saturated carbocycles. The highest BCUT2D eigenvalue weighted by Gasteiger charge is 2.28. The molecular formula is C12H13ClO5. The van der Waals surface area contributed by atoms with Crippen molar-refractivity contribution in [2.75, 3.05) is 21.3 Å². The van der Waals surface area contributed by atoms with Crippen LogP contribution in [-0.4, -0.2) is 33.1 Å². The zero-order valence-electron chi connectivity index (χ0n) is 10.2. The number of alkyl halides is 1. The molecule has 0 aliphatic carbocycles. The second kappa shape index (κ2) is 6.26. The Hall–Kier alpha value is -1.75. The highest BCUT2D eigenvalue weighted by Crippen LogP contribution is 2.33. The second-order valence-corrected chi connectivity index (χ2v) is 3.76. The number of hydrogen-bond acceptors (Lipinski definition) is 5. The molecule has 6 heteroatoms. The summed E-state index contributed by atoms with van der Waals surface area (Å²) in [5.74, 6) is -0.910. The fourth-order valence-corrected chi connectivity index (χ4v) is 1.64. The van der Waals surface area contributed by atoms with Crippen LogP contribution in [0.15, 0.2) is 18.2 Å². The number of ketones is 1. The lowest BCUT2D eigenvalue weighted by molar-refractivity contribution is -0.151. The molecule has 0 heterocycles. The largest absolute Gasteiger partial charge is 0.497 e. The molecule has 0 aliphatic rings. The molecule has 0 amide bonds. The fourth-order valence-electron chi connectivity index (χ4n) is 1.37. The van der Waals surface area contributed by atoms with Gasteiger partial charge in [0.1, 0.15) is 16.9 Å². The van der Waals surface area contributed by atoms with Crippen LogP contribution in [0.25, 0.3) is 0 Å². The number of esters is 1. The van der Waals surface area contributed by atoms with E-state index in [1.807, 2.05) is 0 Å². The van der Waals surface area contributed by atoms with Crippen molar-refractivity contribution in [2.45, 2.75) is 5.38 Å². The number of methoxy groups -OCH3 is 3. The molecule has 0 fully saturated rings. The normalized spacial score (nSPS) is 11.6. The number of rotatable bonds is 5. The van der Waals surface area contributed by atoms with Gasteiger partial charge in [-0.3, -0.25) is 4.79 Å². The zero-order chi connectivity index (χ0) is 13.7. The lowest BCUT2D eigenvalue weighted by Gasteiger charge is -2.13. The van der Waals surface area contributed by atoms with Gasteiger partial charge in [-0.25, -0.2) is 4.79 Å². The summed E-state index contributed by atoms with van der Waals surface area (Å²) >= 11 is 5.94. The van der Waals surface area contributed by atoms with E-state index in [0.717, 1.165) is 7.11 Å². The first-order valence-electron chi connectivity index (χ1n) is 5.03. The summed E-state index contributed by atoms with van der Waals surface area (Å²) in [5, 5.41) is -1.15. The SMILES string of the molecule is COC(=O)C(=O)C(Cl)c1ccc(OC)cc1OC. The van der Waals surface area contributed by atoms with E-state index >= 15 is 0 Å². The molecular weight excluding hydrogens is 260 g/mol. The van der Waals surface area contributed by atoms with E-state index in [9.17, 15) is 9.59 Å². The van der Waals surface area contributed by atoms with Crippen LogP contribution in [0.2, 0.25) is 0 Å². The predicted molar refractivity (Wildman–Crippen MR) is 65.2 cm³/mol. The number of carbonyl (C=O) groups excluding carboxylic acids is 2. The molecule has 5 nitrogen and oxygen atoms in total. The summed E-state index contributed by atoms with van der Waals surface area (Å²) in [4.78, 5) is 22.7. The quantitative estimate of drug-likeness (QED) is 0.464. The van der Waals surface area contributed by atoms with Crippen LogP contribution in [0.3, 0.4) is 0 Å². The monoisotopic (exact) mass is 272 g/mol. The summed E-state index contributed by atoms with van der Waals surface area (Å²) in [6.45, 7) is 0. The minimum atomic E-state index is -1.15. The van der Waals surface area contributed by atoms with Gasteiger partial charge < -0.3 is 14.2 Å². The molecule has 1 rings (SSSR count). The third kappa shape index (κ3) is 2.92. The Morgan fingerprint density at radius 2 is 1.83 bits per heavy atom. The van der Waals surface area contributed by atoms with Gasteiger partial charge >= 0.3 is 5.97 Å². The van der Waals surface area contributed by atoms with Gasteiger partial charge in [0.2, 0.25) is 0 Å². The number of benzene rings is 1. The summed E-state index contributed by atoms with van der Waals surface area (Å²) in [6.07, 6.45) is 0. The molecule has 98 valence electrons. The number of Topliss-reactive ketones (excluding diaryl/α,β-unsaturated/α-hetero) is 1. The van der Waals surface area contributed by atoms with Crippen LogP contribution in [0, 0.1) is 0 Å². The van der Waals surface area contributed by atoms with Crippen molar-refractivity contribution in [3.63, 3.8) is 0 Å². The van der Waals surface area contributed by atoms with Crippen molar-refractivity contribution in [3.8, 4) is 11.5 Å². The Bertz CT molecular complexity index is 458. The lowest BCUT2D eigenvalue weighted by atomic mass is 10.1. The van der Waals surface area contributed by atoms with Crippen molar-refractivity contribution in [2.24, 2.45) is 0 Å². The molecule has 1 aromatic carbocycles. The maximum atomic E-state index is 11.6. The molecule has 0 aromatic heterocycles. The standard InChI is InChI=1S/C12H13ClO5/c1-16-7-4-5-8(9(6-7)17-2)10(13)11(14)12(15)18-3/h4-6,10H,1-3H3. The summed E-state index contributed by atoms with van der Waals surface area (Å²) < 4.78 is 14.5. The molecule has 0 spiro atoms. The van der Waals surface area contributed by atoms with Crippen LogP contribution in [-0.2, 0) is 14.3 Å². The minimum absolute atomic E-state index is 0.367. The molecule has 18 heavy (non-hydrogen) atoms. The van der Waals surface area contributed by atoms with Crippen molar-refractivity contribution in [1.82, 2.24) is 0 Å². The van der Waals surface area contributed by atoms with Crippen molar-refractivity contribution in [1.29, 1.82) is 0 Å². The second-order valence-electron chi connectivity index (χ2n) is 3.33. The Morgan fingerprint density at radius 3 is 2.33 bits per heavy atom. The Balaban J connectivity index is 3.08. The van der Waals surface area contributed by atoms with Gasteiger partial charge in [0.05, 0.1) is 21.3 Å². The van der Waals surface area contributed by atoms with Gasteiger partial charge in [0, 0.05) is 11.6 Å². The third-order valence-electron chi connectivity index (χ3n) is 2.33. The van der Waals surface area contributed by atoms with E-state index in [4.69, 9.17) is 21.1 Å². The topological polar surface area (TPSA) is 61.8 Å². The van der Waals surface area contributed by atoms with Crippen LogP contribution in [0.4, 0.5) is 0 Å². The minimum Gasteiger partial charge on any atom is -0.497 e. The van der Waals surface area contributed by atoms with Crippen LogP contribution < -0.4 is 9.47 Å². The smallest absolute Gasteiger partial charge is 0.376 e. The molecule has 0 N–H and O–H groups in total.